The average molecular weight is 530 g/mol. The van der Waals surface area contributed by atoms with Gasteiger partial charge in [-0.05, 0) is 85.2 Å². The molecule has 0 aliphatic heterocycles. The topological polar surface area (TPSA) is 119 Å². The second-order valence-electron chi connectivity index (χ2n) is 9.78. The van der Waals surface area contributed by atoms with Crippen LogP contribution in [0.3, 0.4) is 0 Å². The number of carbonyl (C=O) groups is 2. The molecule has 7 heteroatoms. The standard InChI is InChI=1S/C30H33N3O4.C2H6/c1-17(2)27(31)26(33(32)28-18(3)6-5-7-19(28)4)16-37-23-12-13-24-21(14-23)10-8-20-9-11-22(30(35)36)15-25(20)29(24)34;1-2/h5-7,9,11-15,17H,8,10,16,31-32H2,1-4H3,(H,35,36);1-2H3/b27-26-;. The molecule has 0 heterocycles. The second kappa shape index (κ2) is 12.6. The van der Waals surface area contributed by atoms with E-state index in [1.807, 2.05) is 65.8 Å². The minimum atomic E-state index is -1.05. The zero-order chi connectivity index (χ0) is 28.9. The van der Waals surface area contributed by atoms with Crippen molar-refractivity contribution >= 4 is 17.4 Å². The molecule has 1 aliphatic rings. The molecule has 0 bridgehead atoms. The summed E-state index contributed by atoms with van der Waals surface area (Å²) in [5.41, 5.74) is 13.6. The van der Waals surface area contributed by atoms with Crippen molar-refractivity contribution in [1.29, 1.82) is 0 Å². The van der Waals surface area contributed by atoms with Crippen LogP contribution in [0.1, 0.15) is 76.2 Å². The smallest absolute Gasteiger partial charge is 0.335 e. The Morgan fingerprint density at radius 1 is 0.974 bits per heavy atom. The largest absolute Gasteiger partial charge is 0.487 e. The van der Waals surface area contributed by atoms with Crippen LogP contribution in [0, 0.1) is 19.8 Å². The minimum absolute atomic E-state index is 0.0628. The number of allylic oxidation sites excluding steroid dienone is 1. The lowest BCUT2D eigenvalue weighted by Crippen LogP contribution is -2.37. The Bertz CT molecular complexity index is 1390. The van der Waals surface area contributed by atoms with Gasteiger partial charge in [-0.3, -0.25) is 9.80 Å². The van der Waals surface area contributed by atoms with E-state index in [1.54, 1.807) is 29.3 Å². The lowest BCUT2D eigenvalue weighted by molar-refractivity contribution is 0.0697. The Kier molecular flexibility index (Phi) is 9.54. The highest BCUT2D eigenvalue weighted by Gasteiger charge is 2.24. The number of hydrogen-bond donors (Lipinski definition) is 3. The SMILES string of the molecule is CC.Cc1cccc(C)c1N(N)/C(COc1ccc2c(c1)CCc1ccc(C(=O)O)cc1C2=O)=C(\N)C(C)C. The first-order valence-electron chi connectivity index (χ1n) is 13.3. The molecule has 0 radical (unpaired) electrons. The zero-order valence-electron chi connectivity index (χ0n) is 23.7. The van der Waals surface area contributed by atoms with Crippen LogP contribution in [-0.2, 0) is 12.8 Å². The van der Waals surface area contributed by atoms with Crippen molar-refractivity contribution in [3.05, 3.63) is 105 Å². The number of carbonyl (C=O) groups excluding carboxylic acids is 1. The van der Waals surface area contributed by atoms with E-state index in [2.05, 4.69) is 0 Å². The molecule has 7 nitrogen and oxygen atoms in total. The van der Waals surface area contributed by atoms with E-state index in [4.69, 9.17) is 16.3 Å². The van der Waals surface area contributed by atoms with Crippen LogP contribution in [0.4, 0.5) is 5.69 Å². The first-order valence-corrected chi connectivity index (χ1v) is 13.3. The number of hydrazine groups is 1. The number of ketones is 1. The Morgan fingerprint density at radius 2 is 1.62 bits per heavy atom. The molecule has 5 N–H and O–H groups in total. The van der Waals surface area contributed by atoms with Crippen LogP contribution < -0.4 is 21.3 Å². The van der Waals surface area contributed by atoms with Crippen molar-refractivity contribution < 1.29 is 19.4 Å². The number of aryl methyl sites for hydroxylation is 4. The first kappa shape index (κ1) is 29.5. The molecule has 0 atom stereocenters. The molecule has 1 aliphatic carbocycles. The molecule has 3 aromatic rings. The summed E-state index contributed by atoms with van der Waals surface area (Å²) in [6.45, 7) is 12.2. The summed E-state index contributed by atoms with van der Waals surface area (Å²) < 4.78 is 6.18. The summed E-state index contributed by atoms with van der Waals surface area (Å²) in [5.74, 6) is 6.04. The molecule has 0 unspecified atom stereocenters. The number of hydrogen-bond acceptors (Lipinski definition) is 6. The second-order valence-corrected chi connectivity index (χ2v) is 9.78. The van der Waals surface area contributed by atoms with Crippen molar-refractivity contribution in [3.63, 3.8) is 0 Å². The van der Waals surface area contributed by atoms with Gasteiger partial charge < -0.3 is 15.6 Å². The molecular formula is C32H39N3O4. The van der Waals surface area contributed by atoms with Crippen molar-refractivity contribution in [1.82, 2.24) is 0 Å². The molecule has 4 rings (SSSR count). The van der Waals surface area contributed by atoms with E-state index in [-0.39, 0.29) is 23.9 Å². The molecule has 0 saturated heterocycles. The number of nitrogens with two attached hydrogens (primary N) is 2. The van der Waals surface area contributed by atoms with Crippen molar-refractivity contribution in [2.45, 2.75) is 54.4 Å². The van der Waals surface area contributed by atoms with Crippen molar-refractivity contribution in [2.75, 3.05) is 11.6 Å². The van der Waals surface area contributed by atoms with Crippen LogP contribution in [-0.4, -0.2) is 23.5 Å². The quantitative estimate of drug-likeness (QED) is 0.256. The molecule has 39 heavy (non-hydrogen) atoms. The summed E-state index contributed by atoms with van der Waals surface area (Å²) >= 11 is 0. The van der Waals surface area contributed by atoms with Gasteiger partial charge in [0.1, 0.15) is 12.4 Å². The third kappa shape index (κ3) is 6.32. The maximum absolute atomic E-state index is 13.3. The van der Waals surface area contributed by atoms with Gasteiger partial charge in [0, 0.05) is 16.8 Å². The zero-order valence-corrected chi connectivity index (χ0v) is 23.7. The monoisotopic (exact) mass is 529 g/mol. The van der Waals surface area contributed by atoms with Gasteiger partial charge in [0.25, 0.3) is 0 Å². The van der Waals surface area contributed by atoms with E-state index in [9.17, 15) is 14.7 Å². The van der Waals surface area contributed by atoms with Crippen LogP contribution in [0.25, 0.3) is 0 Å². The van der Waals surface area contributed by atoms with Gasteiger partial charge >= 0.3 is 5.97 Å². The van der Waals surface area contributed by atoms with E-state index in [1.165, 1.54) is 6.07 Å². The summed E-state index contributed by atoms with van der Waals surface area (Å²) in [6.07, 6.45) is 1.27. The molecule has 206 valence electrons. The number of carboxylic acid groups (broad SMARTS) is 1. The predicted molar refractivity (Wildman–Crippen MR) is 156 cm³/mol. The lowest BCUT2D eigenvalue weighted by Gasteiger charge is -2.28. The number of carboxylic acids is 1. The number of benzene rings is 3. The molecule has 0 aromatic heterocycles. The molecule has 0 fully saturated rings. The molecule has 3 aromatic carbocycles. The number of anilines is 1. The highest BCUT2D eigenvalue weighted by molar-refractivity contribution is 6.12. The van der Waals surface area contributed by atoms with Gasteiger partial charge in [-0.2, -0.15) is 0 Å². The fourth-order valence-corrected chi connectivity index (χ4v) is 4.74. The van der Waals surface area contributed by atoms with Gasteiger partial charge in [-0.25, -0.2) is 10.6 Å². The number of fused-ring (bicyclic) bond motifs is 2. The Balaban J connectivity index is 0.00000205. The number of aromatic carboxylic acids is 1. The molecule has 0 spiro atoms. The van der Waals surface area contributed by atoms with E-state index >= 15 is 0 Å². The third-order valence-corrected chi connectivity index (χ3v) is 6.89. The number of ether oxygens (including phenoxy) is 1. The van der Waals surface area contributed by atoms with Crippen LogP contribution in [0.15, 0.2) is 66.0 Å². The first-order chi connectivity index (χ1) is 18.6. The summed E-state index contributed by atoms with van der Waals surface area (Å²) in [5, 5.41) is 11.0. The van der Waals surface area contributed by atoms with Crippen molar-refractivity contribution in [3.8, 4) is 5.75 Å². The molecular weight excluding hydrogens is 490 g/mol. The van der Waals surface area contributed by atoms with Crippen LogP contribution in [0.2, 0.25) is 0 Å². The molecule has 0 saturated carbocycles. The summed E-state index contributed by atoms with van der Waals surface area (Å²) in [4.78, 5) is 24.7. The fourth-order valence-electron chi connectivity index (χ4n) is 4.74. The Morgan fingerprint density at radius 3 is 2.23 bits per heavy atom. The highest BCUT2D eigenvalue weighted by atomic mass is 16.5. The van der Waals surface area contributed by atoms with E-state index in [0.717, 1.165) is 27.9 Å². The summed E-state index contributed by atoms with van der Waals surface area (Å²) in [7, 11) is 0. The maximum atomic E-state index is 13.3. The Labute approximate surface area is 231 Å². The normalized spacial score (nSPS) is 12.9. The maximum Gasteiger partial charge on any atom is 0.335 e. The number of rotatable bonds is 7. The molecule has 0 amide bonds. The van der Waals surface area contributed by atoms with Crippen LogP contribution in [0.5, 0.6) is 5.75 Å². The van der Waals surface area contributed by atoms with E-state index < -0.39 is 5.97 Å². The van der Waals surface area contributed by atoms with Crippen molar-refractivity contribution in [2.24, 2.45) is 17.5 Å². The van der Waals surface area contributed by atoms with Gasteiger partial charge in [0.15, 0.2) is 5.78 Å². The van der Waals surface area contributed by atoms with Crippen LogP contribution >= 0.6 is 0 Å². The van der Waals surface area contributed by atoms with Gasteiger partial charge in [0.2, 0.25) is 0 Å². The van der Waals surface area contributed by atoms with Gasteiger partial charge in [-0.1, -0.05) is 52.0 Å². The van der Waals surface area contributed by atoms with E-state index in [0.29, 0.717) is 41.1 Å². The third-order valence-electron chi connectivity index (χ3n) is 6.89. The number of nitrogens with zero attached hydrogens (tertiary/aromatic N) is 1. The fraction of sp³-hybridized carbons (Fsp3) is 0.312. The summed E-state index contributed by atoms with van der Waals surface area (Å²) in [6, 6.07) is 16.1. The Hall–Kier alpha value is -4.10. The van der Waals surface area contributed by atoms with Gasteiger partial charge in [-0.15, -0.1) is 0 Å². The predicted octanol–water partition coefficient (Wildman–Crippen LogP) is 5.94. The lowest BCUT2D eigenvalue weighted by atomic mass is 9.97. The average Bonchev–Trinajstić information content (AvgIpc) is 3.05. The minimum Gasteiger partial charge on any atom is -0.487 e. The van der Waals surface area contributed by atoms with Gasteiger partial charge in [0.05, 0.1) is 16.9 Å². The highest BCUT2D eigenvalue weighted by Crippen LogP contribution is 2.30. The number of para-hydroxylation sites is 1.